The number of hydrogen-bond acceptors (Lipinski definition) is 5. The molecular formula is C12H14F2N4O2. The van der Waals surface area contributed by atoms with Crippen LogP contribution in [-0.4, -0.2) is 35.1 Å². The van der Waals surface area contributed by atoms with Gasteiger partial charge in [-0.15, -0.1) is 0 Å². The number of fused-ring (bicyclic) bond motifs is 1. The minimum Gasteiger partial charge on any atom is -0.346 e. The van der Waals surface area contributed by atoms with Crippen LogP contribution in [0.4, 0.5) is 8.78 Å². The van der Waals surface area contributed by atoms with Crippen molar-refractivity contribution in [2.75, 3.05) is 13.1 Å². The van der Waals surface area contributed by atoms with E-state index in [-0.39, 0.29) is 5.56 Å². The Kier molecular flexibility index (Phi) is 3.93. The maximum Gasteiger partial charge on any atom is 0.277 e. The second kappa shape index (κ2) is 5.49. The average Bonchev–Trinajstić information content (AvgIpc) is 2.87. The third-order valence-electron chi connectivity index (χ3n) is 2.81. The Morgan fingerprint density at radius 3 is 2.95 bits per heavy atom. The van der Waals surface area contributed by atoms with Crippen LogP contribution < -0.4 is 11.1 Å². The second-order valence-electron chi connectivity index (χ2n) is 4.30. The van der Waals surface area contributed by atoms with Crippen molar-refractivity contribution < 1.29 is 18.1 Å². The van der Waals surface area contributed by atoms with E-state index in [4.69, 9.17) is 10.3 Å². The fourth-order valence-corrected chi connectivity index (χ4v) is 1.64. The van der Waals surface area contributed by atoms with Crippen molar-refractivity contribution in [2.24, 2.45) is 5.73 Å². The van der Waals surface area contributed by atoms with Gasteiger partial charge in [0.1, 0.15) is 0 Å². The predicted molar refractivity (Wildman–Crippen MR) is 67.5 cm³/mol. The number of amides is 1. The van der Waals surface area contributed by atoms with Crippen molar-refractivity contribution in [1.29, 1.82) is 0 Å². The van der Waals surface area contributed by atoms with E-state index < -0.39 is 24.9 Å². The number of nitrogens with two attached hydrogens (primary N) is 1. The molecule has 0 atom stereocenters. The molecule has 2 rings (SSSR count). The number of nitrogens with one attached hydrogen (secondary N) is 1. The molecule has 0 aliphatic heterocycles. The molecule has 0 saturated heterocycles. The highest BCUT2D eigenvalue weighted by Gasteiger charge is 2.27. The Labute approximate surface area is 113 Å². The lowest BCUT2D eigenvalue weighted by atomic mass is 10.1. The zero-order valence-electron chi connectivity index (χ0n) is 10.8. The van der Waals surface area contributed by atoms with Crippen LogP contribution in [0.15, 0.2) is 16.8 Å². The molecule has 1 amide bonds. The SMILES string of the molecule is CCc1noc2ncc(C(=O)NCC(F)(F)CN)cc12. The number of aromatic nitrogens is 2. The largest absolute Gasteiger partial charge is 0.346 e. The summed E-state index contributed by atoms with van der Waals surface area (Å²) in [7, 11) is 0. The third-order valence-corrected chi connectivity index (χ3v) is 2.81. The molecule has 0 aliphatic rings. The lowest BCUT2D eigenvalue weighted by Gasteiger charge is -2.14. The normalized spacial score (nSPS) is 11.8. The average molecular weight is 284 g/mol. The van der Waals surface area contributed by atoms with Gasteiger partial charge in [0.25, 0.3) is 17.5 Å². The fourth-order valence-electron chi connectivity index (χ4n) is 1.64. The first-order valence-electron chi connectivity index (χ1n) is 6.07. The summed E-state index contributed by atoms with van der Waals surface area (Å²) in [5, 5.41) is 6.53. The van der Waals surface area contributed by atoms with E-state index in [1.807, 2.05) is 6.92 Å². The molecule has 20 heavy (non-hydrogen) atoms. The van der Waals surface area contributed by atoms with E-state index in [1.165, 1.54) is 12.3 Å². The van der Waals surface area contributed by atoms with Crippen LogP contribution in [-0.2, 0) is 6.42 Å². The molecule has 108 valence electrons. The highest BCUT2D eigenvalue weighted by atomic mass is 19.3. The van der Waals surface area contributed by atoms with Crippen molar-refractivity contribution in [2.45, 2.75) is 19.3 Å². The first-order valence-corrected chi connectivity index (χ1v) is 6.07. The summed E-state index contributed by atoms with van der Waals surface area (Å²) in [6.07, 6.45) is 1.87. The minimum absolute atomic E-state index is 0.170. The van der Waals surface area contributed by atoms with Crippen LogP contribution >= 0.6 is 0 Å². The molecule has 0 unspecified atom stereocenters. The fraction of sp³-hybridized carbons (Fsp3) is 0.417. The monoisotopic (exact) mass is 284 g/mol. The Morgan fingerprint density at radius 2 is 2.30 bits per heavy atom. The number of pyridine rings is 1. The van der Waals surface area contributed by atoms with E-state index in [0.29, 0.717) is 23.2 Å². The van der Waals surface area contributed by atoms with Crippen molar-refractivity contribution in [3.05, 3.63) is 23.5 Å². The number of hydrogen-bond donors (Lipinski definition) is 2. The van der Waals surface area contributed by atoms with Gasteiger partial charge in [0.05, 0.1) is 29.7 Å². The van der Waals surface area contributed by atoms with E-state index in [2.05, 4.69) is 15.5 Å². The number of alkyl halides is 2. The van der Waals surface area contributed by atoms with E-state index in [9.17, 15) is 13.6 Å². The Morgan fingerprint density at radius 1 is 1.55 bits per heavy atom. The quantitative estimate of drug-likeness (QED) is 0.857. The lowest BCUT2D eigenvalue weighted by Crippen LogP contribution is -2.41. The van der Waals surface area contributed by atoms with Gasteiger partial charge in [-0.3, -0.25) is 4.79 Å². The van der Waals surface area contributed by atoms with Crippen LogP contribution in [0.1, 0.15) is 23.0 Å². The zero-order chi connectivity index (χ0) is 14.8. The van der Waals surface area contributed by atoms with Crippen LogP contribution in [0, 0.1) is 0 Å². The molecule has 0 radical (unpaired) electrons. The van der Waals surface area contributed by atoms with Gasteiger partial charge in [0, 0.05) is 6.20 Å². The number of aryl methyl sites for hydroxylation is 1. The Hall–Kier alpha value is -2.09. The van der Waals surface area contributed by atoms with Crippen molar-refractivity contribution in [3.63, 3.8) is 0 Å². The molecule has 0 saturated carbocycles. The van der Waals surface area contributed by atoms with Gasteiger partial charge >= 0.3 is 0 Å². The third kappa shape index (κ3) is 2.90. The van der Waals surface area contributed by atoms with Crippen LogP contribution in [0.2, 0.25) is 0 Å². The van der Waals surface area contributed by atoms with Gasteiger partial charge in [-0.1, -0.05) is 12.1 Å². The Bertz CT molecular complexity index is 627. The topological polar surface area (TPSA) is 94.0 Å². The summed E-state index contributed by atoms with van der Waals surface area (Å²) in [5.74, 6) is -3.77. The van der Waals surface area contributed by atoms with Gasteiger partial charge in [-0.25, -0.2) is 13.8 Å². The molecule has 3 N–H and O–H groups in total. The molecule has 0 fully saturated rings. The molecule has 0 spiro atoms. The van der Waals surface area contributed by atoms with Crippen molar-refractivity contribution >= 4 is 17.0 Å². The minimum atomic E-state index is -3.13. The molecule has 2 aromatic heterocycles. The predicted octanol–water partition coefficient (Wildman–Crippen LogP) is 1.11. The number of rotatable bonds is 5. The summed E-state index contributed by atoms with van der Waals surface area (Å²) in [6, 6.07) is 1.52. The first-order chi connectivity index (χ1) is 9.46. The van der Waals surface area contributed by atoms with Crippen LogP contribution in [0.5, 0.6) is 0 Å². The smallest absolute Gasteiger partial charge is 0.277 e. The number of nitrogens with zero attached hydrogens (tertiary/aromatic N) is 2. The standard InChI is InChI=1S/C12H14F2N4O2/c1-2-9-8-3-7(4-16-11(8)20-18-9)10(19)17-6-12(13,14)5-15/h3-4H,2,5-6,15H2,1H3,(H,17,19). The van der Waals surface area contributed by atoms with Gasteiger partial charge in [0.15, 0.2) is 0 Å². The van der Waals surface area contributed by atoms with Gasteiger partial charge < -0.3 is 15.6 Å². The zero-order valence-corrected chi connectivity index (χ0v) is 10.8. The first kappa shape index (κ1) is 14.3. The molecular weight excluding hydrogens is 270 g/mol. The maximum atomic E-state index is 13.0. The summed E-state index contributed by atoms with van der Waals surface area (Å²) in [6.45, 7) is 0.243. The molecule has 8 heteroatoms. The van der Waals surface area contributed by atoms with Crippen molar-refractivity contribution in [3.8, 4) is 0 Å². The molecule has 0 bridgehead atoms. The number of carbonyl (C=O) groups excluding carboxylic acids is 1. The molecule has 2 heterocycles. The molecule has 0 aliphatic carbocycles. The summed E-state index contributed by atoms with van der Waals surface area (Å²) >= 11 is 0. The van der Waals surface area contributed by atoms with Gasteiger partial charge in [-0.05, 0) is 12.5 Å². The van der Waals surface area contributed by atoms with E-state index in [1.54, 1.807) is 0 Å². The summed E-state index contributed by atoms with van der Waals surface area (Å²) in [5.41, 5.74) is 6.04. The maximum absolute atomic E-state index is 13.0. The van der Waals surface area contributed by atoms with Crippen LogP contribution in [0.3, 0.4) is 0 Å². The highest BCUT2D eigenvalue weighted by molar-refractivity contribution is 5.97. The summed E-state index contributed by atoms with van der Waals surface area (Å²) in [4.78, 5) is 15.7. The molecule has 0 aromatic carbocycles. The van der Waals surface area contributed by atoms with Gasteiger partial charge in [-0.2, -0.15) is 0 Å². The molecule has 2 aromatic rings. The summed E-state index contributed by atoms with van der Waals surface area (Å²) < 4.78 is 30.9. The van der Waals surface area contributed by atoms with Crippen LogP contribution in [0.25, 0.3) is 11.1 Å². The number of carbonyl (C=O) groups is 1. The van der Waals surface area contributed by atoms with Crippen molar-refractivity contribution in [1.82, 2.24) is 15.5 Å². The highest BCUT2D eigenvalue weighted by Crippen LogP contribution is 2.18. The Balaban J connectivity index is 2.18. The second-order valence-corrected chi connectivity index (χ2v) is 4.30. The van der Waals surface area contributed by atoms with Gasteiger partial charge in [0.2, 0.25) is 0 Å². The molecule has 6 nitrogen and oxygen atoms in total. The lowest BCUT2D eigenvalue weighted by molar-refractivity contribution is 0.0118. The van der Waals surface area contributed by atoms with E-state index >= 15 is 0 Å². The van der Waals surface area contributed by atoms with E-state index in [0.717, 1.165) is 0 Å². The number of halogens is 2.